The van der Waals surface area contributed by atoms with Gasteiger partial charge in [-0.15, -0.1) is 0 Å². The van der Waals surface area contributed by atoms with Gasteiger partial charge in [-0.3, -0.25) is 9.59 Å². The Morgan fingerprint density at radius 2 is 1.88 bits per heavy atom. The molecule has 0 spiro atoms. The third kappa shape index (κ3) is 3.24. The molecule has 0 radical (unpaired) electrons. The van der Waals surface area contributed by atoms with Gasteiger partial charge in [0.1, 0.15) is 0 Å². The van der Waals surface area contributed by atoms with Crippen molar-refractivity contribution in [2.24, 2.45) is 23.5 Å². The van der Waals surface area contributed by atoms with E-state index in [2.05, 4.69) is 10.2 Å². The van der Waals surface area contributed by atoms with Gasteiger partial charge < -0.3 is 16.0 Å². The van der Waals surface area contributed by atoms with Crippen LogP contribution in [0.3, 0.4) is 0 Å². The van der Waals surface area contributed by atoms with E-state index in [0.29, 0.717) is 11.5 Å². The van der Waals surface area contributed by atoms with Gasteiger partial charge in [0.25, 0.3) is 0 Å². The molecule has 5 heteroatoms. The number of amides is 2. The first kappa shape index (κ1) is 16.4. The van der Waals surface area contributed by atoms with Crippen LogP contribution in [0.4, 0.5) is 11.4 Å². The monoisotopic (exact) mass is 341 g/mol. The van der Waals surface area contributed by atoms with E-state index in [0.717, 1.165) is 49.6 Å². The van der Waals surface area contributed by atoms with Gasteiger partial charge in [-0.05, 0) is 68.6 Å². The molecule has 2 saturated carbocycles. The molecule has 3 fully saturated rings. The molecule has 4 rings (SSSR count). The molecule has 1 aliphatic heterocycles. The van der Waals surface area contributed by atoms with Crippen LogP contribution in [0, 0.1) is 17.8 Å². The molecule has 25 heavy (non-hydrogen) atoms. The number of primary amides is 1. The van der Waals surface area contributed by atoms with Crippen molar-refractivity contribution < 1.29 is 9.59 Å². The van der Waals surface area contributed by atoms with Gasteiger partial charge in [0.05, 0.1) is 11.4 Å². The van der Waals surface area contributed by atoms with E-state index >= 15 is 0 Å². The topological polar surface area (TPSA) is 75.4 Å². The Labute approximate surface area is 148 Å². The molecule has 3 unspecified atom stereocenters. The highest BCUT2D eigenvalue weighted by Gasteiger charge is 2.43. The Hall–Kier alpha value is -2.04. The maximum Gasteiger partial charge on any atom is 0.248 e. The van der Waals surface area contributed by atoms with Crippen molar-refractivity contribution in [1.82, 2.24) is 0 Å². The van der Waals surface area contributed by atoms with Crippen molar-refractivity contribution >= 4 is 23.2 Å². The molecule has 3 atom stereocenters. The fraction of sp³-hybridized carbons (Fsp3) is 0.600. The summed E-state index contributed by atoms with van der Waals surface area (Å²) in [7, 11) is 0. The predicted octanol–water partition coefficient (Wildman–Crippen LogP) is 3.15. The summed E-state index contributed by atoms with van der Waals surface area (Å²) < 4.78 is 0. The summed E-state index contributed by atoms with van der Waals surface area (Å²) in [5, 5.41) is 3.14. The predicted molar refractivity (Wildman–Crippen MR) is 98.6 cm³/mol. The average Bonchev–Trinajstić information content (AvgIpc) is 3.25. The lowest BCUT2D eigenvalue weighted by atomic mass is 9.88. The molecule has 3 aliphatic rings. The number of benzene rings is 1. The standard InChI is InChI=1S/C20H27N3O2/c21-19(24)15-6-7-18(23-8-2-1-3-9-23)17(12-15)22-20(25)16-11-13-4-5-14(16)10-13/h6-7,12-14,16H,1-5,8-11H2,(H2,21,24)(H,22,25). The Morgan fingerprint density at radius 1 is 1.08 bits per heavy atom. The number of nitrogens with two attached hydrogens (primary N) is 1. The number of anilines is 2. The van der Waals surface area contributed by atoms with Crippen molar-refractivity contribution in [3.05, 3.63) is 23.8 Å². The van der Waals surface area contributed by atoms with Crippen LogP contribution in [0.15, 0.2) is 18.2 Å². The minimum absolute atomic E-state index is 0.118. The van der Waals surface area contributed by atoms with Crippen LogP contribution in [0.25, 0.3) is 0 Å². The molecule has 1 aromatic carbocycles. The van der Waals surface area contributed by atoms with Crippen molar-refractivity contribution in [2.45, 2.75) is 44.9 Å². The van der Waals surface area contributed by atoms with Gasteiger partial charge in [0.2, 0.25) is 11.8 Å². The first-order valence-corrected chi connectivity index (χ1v) is 9.61. The first-order chi connectivity index (χ1) is 12.1. The van der Waals surface area contributed by atoms with E-state index < -0.39 is 5.91 Å². The van der Waals surface area contributed by atoms with E-state index in [1.54, 1.807) is 12.1 Å². The summed E-state index contributed by atoms with van der Waals surface area (Å²) in [5.74, 6) is 1.07. The zero-order valence-corrected chi connectivity index (χ0v) is 14.7. The molecule has 0 aromatic heterocycles. The zero-order chi connectivity index (χ0) is 17.4. The quantitative estimate of drug-likeness (QED) is 0.883. The van der Waals surface area contributed by atoms with E-state index in [4.69, 9.17) is 5.73 Å². The maximum atomic E-state index is 12.9. The Kier molecular flexibility index (Phi) is 4.40. The Bertz CT molecular complexity index is 682. The van der Waals surface area contributed by atoms with Crippen LogP contribution in [0.5, 0.6) is 0 Å². The number of fused-ring (bicyclic) bond motifs is 2. The highest BCUT2D eigenvalue weighted by molar-refractivity contribution is 6.00. The fourth-order valence-corrected chi connectivity index (χ4v) is 4.99. The number of piperidine rings is 1. The number of nitrogens with one attached hydrogen (secondary N) is 1. The largest absolute Gasteiger partial charge is 0.370 e. The minimum Gasteiger partial charge on any atom is -0.370 e. The number of carbonyl (C=O) groups is 2. The normalized spacial score (nSPS) is 28.2. The maximum absolute atomic E-state index is 12.9. The van der Waals surface area contributed by atoms with Crippen molar-refractivity contribution in [1.29, 1.82) is 0 Å². The Balaban J connectivity index is 1.58. The molecule has 134 valence electrons. The lowest BCUT2D eigenvalue weighted by Gasteiger charge is -2.31. The van der Waals surface area contributed by atoms with Crippen LogP contribution in [0.1, 0.15) is 55.3 Å². The highest BCUT2D eigenvalue weighted by Crippen LogP contribution is 2.48. The summed E-state index contributed by atoms with van der Waals surface area (Å²) in [4.78, 5) is 26.8. The van der Waals surface area contributed by atoms with E-state index in [1.807, 2.05) is 6.07 Å². The zero-order valence-electron chi connectivity index (χ0n) is 14.7. The van der Waals surface area contributed by atoms with Crippen LogP contribution in [-0.4, -0.2) is 24.9 Å². The summed E-state index contributed by atoms with van der Waals surface area (Å²) in [5.41, 5.74) is 7.65. The SMILES string of the molecule is NC(=O)c1ccc(N2CCCCC2)c(NC(=O)C2CC3CCC2C3)c1. The summed E-state index contributed by atoms with van der Waals surface area (Å²) >= 11 is 0. The molecular weight excluding hydrogens is 314 g/mol. The summed E-state index contributed by atoms with van der Waals surface area (Å²) in [6, 6.07) is 5.44. The van der Waals surface area contributed by atoms with Gasteiger partial charge in [0, 0.05) is 24.6 Å². The Morgan fingerprint density at radius 3 is 2.52 bits per heavy atom. The van der Waals surface area contributed by atoms with Gasteiger partial charge in [-0.1, -0.05) is 6.42 Å². The van der Waals surface area contributed by atoms with Gasteiger partial charge in [-0.2, -0.15) is 0 Å². The third-order valence-corrected chi connectivity index (χ3v) is 6.31. The molecule has 2 aliphatic carbocycles. The second-order valence-electron chi connectivity index (χ2n) is 7.91. The van der Waals surface area contributed by atoms with Crippen LogP contribution < -0.4 is 16.0 Å². The first-order valence-electron chi connectivity index (χ1n) is 9.61. The van der Waals surface area contributed by atoms with Crippen molar-refractivity contribution in [3.8, 4) is 0 Å². The van der Waals surface area contributed by atoms with Gasteiger partial charge >= 0.3 is 0 Å². The molecule has 1 aromatic rings. The number of hydrogen-bond donors (Lipinski definition) is 2. The van der Waals surface area contributed by atoms with E-state index in [9.17, 15) is 9.59 Å². The summed E-state index contributed by atoms with van der Waals surface area (Å²) in [6.45, 7) is 1.99. The number of hydrogen-bond acceptors (Lipinski definition) is 3. The molecule has 2 bridgehead atoms. The van der Waals surface area contributed by atoms with Crippen molar-refractivity contribution in [2.75, 3.05) is 23.3 Å². The third-order valence-electron chi connectivity index (χ3n) is 6.31. The highest BCUT2D eigenvalue weighted by atomic mass is 16.2. The second kappa shape index (κ2) is 6.70. The second-order valence-corrected chi connectivity index (χ2v) is 7.91. The van der Waals surface area contributed by atoms with Crippen LogP contribution >= 0.6 is 0 Å². The molecule has 3 N–H and O–H groups in total. The van der Waals surface area contributed by atoms with Crippen LogP contribution in [0.2, 0.25) is 0 Å². The molecule has 5 nitrogen and oxygen atoms in total. The minimum atomic E-state index is -0.458. The number of nitrogens with zero attached hydrogens (tertiary/aromatic N) is 1. The lowest BCUT2D eigenvalue weighted by Crippen LogP contribution is -2.32. The smallest absolute Gasteiger partial charge is 0.248 e. The number of rotatable bonds is 4. The molecule has 1 heterocycles. The van der Waals surface area contributed by atoms with Crippen LogP contribution in [-0.2, 0) is 4.79 Å². The average molecular weight is 341 g/mol. The lowest BCUT2D eigenvalue weighted by molar-refractivity contribution is -0.121. The van der Waals surface area contributed by atoms with Gasteiger partial charge in [0.15, 0.2) is 0 Å². The fourth-order valence-electron chi connectivity index (χ4n) is 4.99. The van der Waals surface area contributed by atoms with Crippen molar-refractivity contribution in [3.63, 3.8) is 0 Å². The van der Waals surface area contributed by atoms with E-state index in [-0.39, 0.29) is 11.8 Å². The molecular formula is C20H27N3O2. The van der Waals surface area contributed by atoms with Gasteiger partial charge in [-0.25, -0.2) is 0 Å². The van der Waals surface area contributed by atoms with E-state index in [1.165, 1.54) is 25.7 Å². The summed E-state index contributed by atoms with van der Waals surface area (Å²) in [6.07, 6.45) is 8.27. The molecule has 1 saturated heterocycles. The number of carbonyl (C=O) groups excluding carboxylic acids is 2. The molecule has 2 amide bonds.